The highest BCUT2D eigenvalue weighted by atomic mass is 16.8. The summed E-state index contributed by atoms with van der Waals surface area (Å²) in [5.41, 5.74) is 7.70. The quantitative estimate of drug-likeness (QED) is 0.136. The third-order valence-corrected chi connectivity index (χ3v) is 4.06. The van der Waals surface area contributed by atoms with Crippen LogP contribution in [0.3, 0.4) is 0 Å². The summed E-state index contributed by atoms with van der Waals surface area (Å²) >= 11 is 0. The monoisotopic (exact) mass is 399 g/mol. The van der Waals surface area contributed by atoms with Gasteiger partial charge in [0.1, 0.15) is 12.3 Å². The number of aliphatic hydroxyl groups excluding tert-OH is 2. The van der Waals surface area contributed by atoms with Gasteiger partial charge in [0.25, 0.3) is 5.56 Å². The van der Waals surface area contributed by atoms with Crippen molar-refractivity contribution in [3.05, 3.63) is 43.0 Å². The van der Waals surface area contributed by atoms with Gasteiger partial charge in [-0.2, -0.15) is 0 Å². The van der Waals surface area contributed by atoms with Crippen molar-refractivity contribution in [2.24, 2.45) is 5.11 Å². The molecule has 0 spiro atoms. The Morgan fingerprint density at radius 1 is 1.54 bits per heavy atom. The molecule has 0 aliphatic carbocycles. The Labute approximate surface area is 158 Å². The molecule has 13 nitrogen and oxygen atoms in total. The van der Waals surface area contributed by atoms with E-state index < -0.39 is 42.1 Å². The first-order chi connectivity index (χ1) is 13.4. The molecule has 1 aromatic rings. The number of aliphatic hydroxyl groups is 2. The zero-order valence-electron chi connectivity index (χ0n) is 15.1. The fourth-order valence-electron chi connectivity index (χ4n) is 2.65. The van der Waals surface area contributed by atoms with Crippen LogP contribution in [0.2, 0.25) is 0 Å². The fraction of sp³-hybridized carbons (Fsp3) is 0.667. The SMILES string of the molecule is Cc1cn([C@H]2C[C@H](N=[N+]=[N-])[C@@H](C(O)OC(=O)OCCCCO)O2)c(=O)[nH]c1=O. The van der Waals surface area contributed by atoms with Gasteiger partial charge in [-0.3, -0.25) is 14.3 Å². The topological polar surface area (TPSA) is 189 Å². The van der Waals surface area contributed by atoms with Crippen LogP contribution in [0.25, 0.3) is 10.4 Å². The normalized spacial score (nSPS) is 22.3. The van der Waals surface area contributed by atoms with E-state index in [2.05, 4.69) is 15.0 Å². The van der Waals surface area contributed by atoms with Gasteiger partial charge in [-0.1, -0.05) is 5.11 Å². The predicted molar refractivity (Wildman–Crippen MR) is 92.3 cm³/mol. The number of H-pyrrole nitrogens is 1. The standard InChI is InChI=1S/C15H21N5O8/c1-8-7-20(14(24)17-12(8)22)10-6-9(18-19-16)11(27-10)13(23)28-15(25)26-5-3-2-4-21/h7,9-11,13,21,23H,2-6H2,1H3,(H,17,22,24)/t9-,10+,11-,13?/m0/s1. The van der Waals surface area contributed by atoms with Crippen molar-refractivity contribution < 1.29 is 29.2 Å². The lowest BCUT2D eigenvalue weighted by molar-refractivity contribution is -0.165. The third-order valence-electron chi connectivity index (χ3n) is 4.06. The van der Waals surface area contributed by atoms with E-state index in [0.717, 1.165) is 4.57 Å². The molecule has 13 heteroatoms. The van der Waals surface area contributed by atoms with Crippen LogP contribution >= 0.6 is 0 Å². The van der Waals surface area contributed by atoms with Crippen LogP contribution in [-0.2, 0) is 14.2 Å². The molecule has 0 amide bonds. The minimum atomic E-state index is -1.81. The number of hydrogen-bond acceptors (Lipinski definition) is 9. The maximum Gasteiger partial charge on any atom is 0.510 e. The molecule has 1 fully saturated rings. The Morgan fingerprint density at radius 2 is 2.29 bits per heavy atom. The minimum absolute atomic E-state index is 0.00604. The summed E-state index contributed by atoms with van der Waals surface area (Å²) in [5, 5.41) is 22.3. The highest BCUT2D eigenvalue weighted by Crippen LogP contribution is 2.32. The molecule has 1 saturated heterocycles. The molecule has 0 bridgehead atoms. The van der Waals surface area contributed by atoms with Crippen molar-refractivity contribution in [1.82, 2.24) is 9.55 Å². The summed E-state index contributed by atoms with van der Waals surface area (Å²) in [4.78, 5) is 39.9. The number of hydrogen-bond donors (Lipinski definition) is 3. The second-order valence-electron chi connectivity index (χ2n) is 6.08. The van der Waals surface area contributed by atoms with Gasteiger partial charge in [0.05, 0.1) is 12.6 Å². The van der Waals surface area contributed by atoms with Crippen molar-refractivity contribution in [1.29, 1.82) is 0 Å². The van der Waals surface area contributed by atoms with Crippen molar-refractivity contribution in [3.8, 4) is 0 Å². The summed E-state index contributed by atoms with van der Waals surface area (Å²) in [7, 11) is 0. The minimum Gasteiger partial charge on any atom is -0.434 e. The number of nitrogens with zero attached hydrogens (tertiary/aromatic N) is 4. The van der Waals surface area contributed by atoms with Crippen molar-refractivity contribution in [2.75, 3.05) is 13.2 Å². The Kier molecular flexibility index (Phi) is 7.58. The van der Waals surface area contributed by atoms with Gasteiger partial charge in [0.15, 0.2) is 0 Å². The number of aromatic amines is 1. The van der Waals surface area contributed by atoms with Crippen LogP contribution in [-0.4, -0.2) is 57.6 Å². The number of aryl methyl sites for hydroxylation is 1. The van der Waals surface area contributed by atoms with E-state index in [1.807, 2.05) is 0 Å². The fourth-order valence-corrected chi connectivity index (χ4v) is 2.65. The van der Waals surface area contributed by atoms with Crippen molar-refractivity contribution >= 4 is 6.16 Å². The lowest BCUT2D eigenvalue weighted by atomic mass is 10.1. The second-order valence-corrected chi connectivity index (χ2v) is 6.08. The molecule has 1 aliphatic heterocycles. The Bertz CT molecular complexity index is 846. The van der Waals surface area contributed by atoms with Crippen LogP contribution in [0.15, 0.2) is 20.9 Å². The van der Waals surface area contributed by atoms with Gasteiger partial charge >= 0.3 is 11.8 Å². The molecular formula is C15H21N5O8. The molecule has 1 unspecified atom stereocenters. The molecule has 154 valence electrons. The predicted octanol–water partition coefficient (Wildman–Crippen LogP) is 0.0555. The summed E-state index contributed by atoms with van der Waals surface area (Å²) in [6.45, 7) is 1.44. The molecule has 1 aromatic heterocycles. The smallest absolute Gasteiger partial charge is 0.434 e. The van der Waals surface area contributed by atoms with Gasteiger partial charge in [-0.05, 0) is 25.3 Å². The van der Waals surface area contributed by atoms with E-state index in [1.54, 1.807) is 0 Å². The molecule has 1 aliphatic rings. The van der Waals surface area contributed by atoms with E-state index in [4.69, 9.17) is 24.8 Å². The molecule has 4 atom stereocenters. The molecule has 0 saturated carbocycles. The Balaban J connectivity index is 2.08. The maximum atomic E-state index is 12.0. The number of carbonyl (C=O) groups is 1. The van der Waals surface area contributed by atoms with Crippen LogP contribution in [0, 0.1) is 6.92 Å². The summed E-state index contributed by atoms with van der Waals surface area (Å²) in [6, 6.07) is -0.939. The third kappa shape index (κ3) is 5.33. The zero-order chi connectivity index (χ0) is 20.7. The average molecular weight is 399 g/mol. The summed E-state index contributed by atoms with van der Waals surface area (Å²) < 4.78 is 16.1. The summed E-state index contributed by atoms with van der Waals surface area (Å²) in [6.07, 6.45) is -3.03. The van der Waals surface area contributed by atoms with E-state index in [-0.39, 0.29) is 25.2 Å². The molecule has 2 rings (SSSR count). The lowest BCUT2D eigenvalue weighted by Crippen LogP contribution is -2.38. The number of rotatable bonds is 8. The van der Waals surface area contributed by atoms with Crippen LogP contribution < -0.4 is 11.2 Å². The van der Waals surface area contributed by atoms with Gasteiger partial charge in [0, 0.05) is 29.7 Å². The van der Waals surface area contributed by atoms with Crippen molar-refractivity contribution in [2.45, 2.75) is 50.8 Å². The first-order valence-electron chi connectivity index (χ1n) is 8.51. The van der Waals surface area contributed by atoms with Crippen LogP contribution in [0.1, 0.15) is 31.1 Å². The first kappa shape index (κ1) is 21.4. The largest absolute Gasteiger partial charge is 0.510 e. The molecule has 28 heavy (non-hydrogen) atoms. The molecule has 0 aromatic carbocycles. The molecule has 0 radical (unpaired) electrons. The molecule has 3 N–H and O–H groups in total. The van der Waals surface area contributed by atoms with E-state index >= 15 is 0 Å². The Morgan fingerprint density at radius 3 is 2.96 bits per heavy atom. The van der Waals surface area contributed by atoms with E-state index in [1.165, 1.54) is 13.1 Å². The molecule has 2 heterocycles. The lowest BCUT2D eigenvalue weighted by Gasteiger charge is -2.21. The number of azide groups is 1. The van der Waals surface area contributed by atoms with Crippen molar-refractivity contribution in [3.63, 3.8) is 0 Å². The maximum absolute atomic E-state index is 12.0. The van der Waals surface area contributed by atoms with E-state index in [9.17, 15) is 19.5 Å². The number of carbonyl (C=O) groups excluding carboxylic acids is 1. The van der Waals surface area contributed by atoms with Gasteiger partial charge in [-0.15, -0.1) is 0 Å². The highest BCUT2D eigenvalue weighted by molar-refractivity contribution is 5.60. The first-order valence-corrected chi connectivity index (χ1v) is 8.51. The molecular weight excluding hydrogens is 378 g/mol. The van der Waals surface area contributed by atoms with Gasteiger partial charge < -0.3 is 24.4 Å². The zero-order valence-corrected chi connectivity index (χ0v) is 15.1. The summed E-state index contributed by atoms with van der Waals surface area (Å²) in [5.74, 6) is 0. The highest BCUT2D eigenvalue weighted by Gasteiger charge is 2.42. The Hall–Kier alpha value is -2.86. The number of aromatic nitrogens is 2. The average Bonchev–Trinajstić information content (AvgIpc) is 3.06. The van der Waals surface area contributed by atoms with Gasteiger partial charge in [0.2, 0.25) is 6.29 Å². The number of ether oxygens (including phenoxy) is 3. The van der Waals surface area contributed by atoms with Crippen LogP contribution in [0.4, 0.5) is 4.79 Å². The number of nitrogens with one attached hydrogen (secondary N) is 1. The van der Waals surface area contributed by atoms with Crippen LogP contribution in [0.5, 0.6) is 0 Å². The van der Waals surface area contributed by atoms with Gasteiger partial charge in [-0.25, -0.2) is 9.59 Å². The second kappa shape index (κ2) is 9.90. The van der Waals surface area contributed by atoms with E-state index in [0.29, 0.717) is 12.8 Å². The number of unbranched alkanes of at least 4 members (excludes halogenated alkanes) is 1.